The van der Waals surface area contributed by atoms with Crippen molar-refractivity contribution < 1.29 is 0 Å². The minimum atomic E-state index is 0.955. The zero-order valence-electron chi connectivity index (χ0n) is 9.06. The Morgan fingerprint density at radius 3 is 2.60 bits per heavy atom. The van der Waals surface area contributed by atoms with E-state index < -0.39 is 0 Å². The molecule has 0 atom stereocenters. The van der Waals surface area contributed by atoms with E-state index in [-0.39, 0.29) is 0 Å². The SMILES string of the molecule is Cc1n[nH]c(C)c1CCCn1cnnc1. The quantitative estimate of drug-likeness (QED) is 0.817. The molecule has 0 fully saturated rings. The van der Waals surface area contributed by atoms with Gasteiger partial charge in [-0.25, -0.2) is 0 Å². The molecule has 5 nitrogen and oxygen atoms in total. The third-order valence-corrected chi connectivity index (χ3v) is 2.59. The number of nitrogens with one attached hydrogen (secondary N) is 1. The zero-order valence-corrected chi connectivity index (χ0v) is 9.06. The lowest BCUT2D eigenvalue weighted by atomic mass is 10.1. The van der Waals surface area contributed by atoms with Crippen LogP contribution in [0.5, 0.6) is 0 Å². The summed E-state index contributed by atoms with van der Waals surface area (Å²) in [6, 6.07) is 0. The Morgan fingerprint density at radius 2 is 2.00 bits per heavy atom. The van der Waals surface area contributed by atoms with Crippen LogP contribution in [0, 0.1) is 13.8 Å². The molecule has 5 heteroatoms. The van der Waals surface area contributed by atoms with Gasteiger partial charge in [-0.1, -0.05) is 0 Å². The van der Waals surface area contributed by atoms with Gasteiger partial charge < -0.3 is 4.57 Å². The summed E-state index contributed by atoms with van der Waals surface area (Å²) in [7, 11) is 0. The predicted molar refractivity (Wildman–Crippen MR) is 56.4 cm³/mol. The monoisotopic (exact) mass is 205 g/mol. The first-order chi connectivity index (χ1) is 7.27. The Hall–Kier alpha value is -1.65. The van der Waals surface area contributed by atoms with Gasteiger partial charge in [-0.15, -0.1) is 10.2 Å². The highest BCUT2D eigenvalue weighted by Gasteiger charge is 2.05. The van der Waals surface area contributed by atoms with E-state index in [0.717, 1.165) is 25.1 Å². The van der Waals surface area contributed by atoms with Gasteiger partial charge in [0.15, 0.2) is 0 Å². The largest absolute Gasteiger partial charge is 0.320 e. The molecule has 0 radical (unpaired) electrons. The second-order valence-electron chi connectivity index (χ2n) is 3.72. The normalized spacial score (nSPS) is 10.8. The molecule has 0 aliphatic heterocycles. The molecule has 2 aromatic heterocycles. The van der Waals surface area contributed by atoms with Crippen LogP contribution in [0.1, 0.15) is 23.4 Å². The number of nitrogens with zero attached hydrogens (tertiary/aromatic N) is 4. The first kappa shape index (κ1) is 9.89. The molecular formula is C10H15N5. The van der Waals surface area contributed by atoms with Crippen LogP contribution in [0.3, 0.4) is 0 Å². The number of H-pyrrole nitrogens is 1. The minimum Gasteiger partial charge on any atom is -0.320 e. The maximum Gasteiger partial charge on any atom is 0.119 e. The number of aromatic nitrogens is 5. The third-order valence-electron chi connectivity index (χ3n) is 2.59. The topological polar surface area (TPSA) is 59.4 Å². The summed E-state index contributed by atoms with van der Waals surface area (Å²) < 4.78 is 1.99. The molecule has 2 aromatic rings. The van der Waals surface area contributed by atoms with Gasteiger partial charge >= 0.3 is 0 Å². The molecule has 2 heterocycles. The van der Waals surface area contributed by atoms with Gasteiger partial charge in [-0.3, -0.25) is 5.10 Å². The van der Waals surface area contributed by atoms with Gasteiger partial charge in [-0.2, -0.15) is 5.10 Å². The van der Waals surface area contributed by atoms with E-state index in [0.29, 0.717) is 0 Å². The number of aromatic amines is 1. The summed E-state index contributed by atoms with van der Waals surface area (Å²) in [4.78, 5) is 0. The molecule has 2 rings (SSSR count). The summed E-state index contributed by atoms with van der Waals surface area (Å²) in [5.41, 5.74) is 3.62. The molecule has 0 saturated carbocycles. The van der Waals surface area contributed by atoms with Crippen LogP contribution in [0.4, 0.5) is 0 Å². The Bertz CT molecular complexity index is 395. The van der Waals surface area contributed by atoms with E-state index in [9.17, 15) is 0 Å². The summed E-state index contributed by atoms with van der Waals surface area (Å²) in [6.07, 6.45) is 5.62. The second kappa shape index (κ2) is 4.25. The fourth-order valence-corrected chi connectivity index (χ4v) is 1.72. The van der Waals surface area contributed by atoms with Crippen LogP contribution in [0.15, 0.2) is 12.7 Å². The van der Waals surface area contributed by atoms with Crippen LogP contribution < -0.4 is 0 Å². The lowest BCUT2D eigenvalue weighted by Crippen LogP contribution is -1.98. The molecule has 0 aliphatic rings. The van der Waals surface area contributed by atoms with Crippen molar-refractivity contribution >= 4 is 0 Å². The van der Waals surface area contributed by atoms with Crippen LogP contribution in [-0.4, -0.2) is 25.0 Å². The number of rotatable bonds is 4. The molecule has 15 heavy (non-hydrogen) atoms. The molecule has 0 saturated heterocycles. The lowest BCUT2D eigenvalue weighted by Gasteiger charge is -2.02. The Kier molecular flexibility index (Phi) is 2.80. The summed E-state index contributed by atoms with van der Waals surface area (Å²) in [6.45, 7) is 5.06. The third kappa shape index (κ3) is 2.23. The van der Waals surface area contributed by atoms with Crippen molar-refractivity contribution in [3.63, 3.8) is 0 Å². The highest BCUT2D eigenvalue weighted by molar-refractivity contribution is 5.22. The zero-order chi connectivity index (χ0) is 10.7. The van der Waals surface area contributed by atoms with E-state index in [1.54, 1.807) is 12.7 Å². The first-order valence-electron chi connectivity index (χ1n) is 5.10. The van der Waals surface area contributed by atoms with E-state index in [1.807, 2.05) is 11.5 Å². The Labute approximate surface area is 88.5 Å². The molecule has 0 unspecified atom stereocenters. The highest BCUT2D eigenvalue weighted by Crippen LogP contribution is 2.11. The van der Waals surface area contributed by atoms with E-state index in [4.69, 9.17) is 0 Å². The van der Waals surface area contributed by atoms with E-state index >= 15 is 0 Å². The van der Waals surface area contributed by atoms with Gasteiger partial charge in [0.2, 0.25) is 0 Å². The molecule has 1 N–H and O–H groups in total. The minimum absolute atomic E-state index is 0.955. The van der Waals surface area contributed by atoms with E-state index in [1.165, 1.54) is 11.3 Å². The van der Waals surface area contributed by atoms with Gasteiger partial charge in [0, 0.05) is 12.2 Å². The summed E-state index contributed by atoms with van der Waals surface area (Å²) >= 11 is 0. The first-order valence-corrected chi connectivity index (χ1v) is 5.10. The van der Waals surface area contributed by atoms with Crippen molar-refractivity contribution in [3.05, 3.63) is 29.6 Å². The van der Waals surface area contributed by atoms with Gasteiger partial charge in [-0.05, 0) is 32.3 Å². The molecule has 0 spiro atoms. The maximum atomic E-state index is 4.18. The highest BCUT2D eigenvalue weighted by atomic mass is 15.2. The molecule has 0 aromatic carbocycles. The summed E-state index contributed by atoms with van der Waals surface area (Å²) in [5.74, 6) is 0. The molecule has 0 amide bonds. The van der Waals surface area contributed by atoms with Crippen LogP contribution in [-0.2, 0) is 13.0 Å². The molecular weight excluding hydrogens is 190 g/mol. The van der Waals surface area contributed by atoms with Crippen molar-refractivity contribution in [2.75, 3.05) is 0 Å². The van der Waals surface area contributed by atoms with Crippen LogP contribution >= 0.6 is 0 Å². The number of hydrogen-bond acceptors (Lipinski definition) is 3. The number of aryl methyl sites for hydroxylation is 3. The lowest BCUT2D eigenvalue weighted by molar-refractivity contribution is 0.638. The smallest absolute Gasteiger partial charge is 0.119 e. The summed E-state index contributed by atoms with van der Waals surface area (Å²) in [5, 5.41) is 14.7. The van der Waals surface area contributed by atoms with Gasteiger partial charge in [0.25, 0.3) is 0 Å². The molecule has 0 aliphatic carbocycles. The average molecular weight is 205 g/mol. The Balaban J connectivity index is 1.89. The van der Waals surface area contributed by atoms with Crippen molar-refractivity contribution in [1.29, 1.82) is 0 Å². The molecule has 0 bridgehead atoms. The van der Waals surface area contributed by atoms with Crippen molar-refractivity contribution in [2.45, 2.75) is 33.2 Å². The standard InChI is InChI=1S/C10H15N5/c1-8-10(9(2)14-13-8)4-3-5-15-6-11-12-7-15/h6-7H,3-5H2,1-2H3,(H,13,14). The number of hydrogen-bond donors (Lipinski definition) is 1. The van der Waals surface area contributed by atoms with Crippen molar-refractivity contribution in [3.8, 4) is 0 Å². The second-order valence-corrected chi connectivity index (χ2v) is 3.72. The maximum absolute atomic E-state index is 4.18. The fraction of sp³-hybridized carbons (Fsp3) is 0.500. The van der Waals surface area contributed by atoms with Crippen LogP contribution in [0.2, 0.25) is 0 Å². The van der Waals surface area contributed by atoms with Crippen molar-refractivity contribution in [1.82, 2.24) is 25.0 Å². The predicted octanol–water partition coefficient (Wildman–Crippen LogP) is 1.25. The average Bonchev–Trinajstić information content (AvgIpc) is 2.82. The molecule has 80 valence electrons. The van der Waals surface area contributed by atoms with Crippen LogP contribution in [0.25, 0.3) is 0 Å². The Morgan fingerprint density at radius 1 is 1.27 bits per heavy atom. The van der Waals surface area contributed by atoms with Gasteiger partial charge in [0.05, 0.1) is 5.69 Å². The van der Waals surface area contributed by atoms with E-state index in [2.05, 4.69) is 27.3 Å². The van der Waals surface area contributed by atoms with Gasteiger partial charge in [0.1, 0.15) is 12.7 Å². The fourth-order valence-electron chi connectivity index (χ4n) is 1.72. The van der Waals surface area contributed by atoms with Crippen molar-refractivity contribution in [2.24, 2.45) is 0 Å².